The number of rotatable bonds is 9. The molecule has 0 aliphatic carbocycles. The normalized spacial score (nSPS) is 10.7. The number of hydrogen-bond donors (Lipinski definition) is 1. The van der Waals surface area contributed by atoms with Crippen molar-refractivity contribution in [1.82, 2.24) is 0 Å². The van der Waals surface area contributed by atoms with Crippen molar-refractivity contribution in [3.63, 3.8) is 0 Å². The van der Waals surface area contributed by atoms with Crippen molar-refractivity contribution < 1.29 is 19.0 Å². The molecule has 5 heteroatoms. The van der Waals surface area contributed by atoms with E-state index in [0.29, 0.717) is 31.3 Å². The van der Waals surface area contributed by atoms with E-state index in [9.17, 15) is 4.79 Å². The topological polar surface area (TPSA) is 56.8 Å². The van der Waals surface area contributed by atoms with E-state index in [-0.39, 0.29) is 5.91 Å². The Morgan fingerprint density at radius 2 is 1.77 bits per heavy atom. The molecule has 0 heterocycles. The summed E-state index contributed by atoms with van der Waals surface area (Å²) in [6.07, 6.45) is 3.24. The fourth-order valence-corrected chi connectivity index (χ4v) is 2.44. The van der Waals surface area contributed by atoms with Gasteiger partial charge in [-0.15, -0.1) is 0 Å². The van der Waals surface area contributed by atoms with E-state index < -0.39 is 0 Å². The van der Waals surface area contributed by atoms with Gasteiger partial charge in [-0.25, -0.2) is 0 Å². The number of carbonyl (C=O) groups excluding carboxylic acids is 1. The molecule has 0 unspecified atom stereocenters. The van der Waals surface area contributed by atoms with Crippen molar-refractivity contribution in [3.05, 3.63) is 59.7 Å². The number of para-hydroxylation sites is 1. The second-order valence-corrected chi connectivity index (χ2v) is 5.48. The summed E-state index contributed by atoms with van der Waals surface area (Å²) in [7, 11) is 1.63. The van der Waals surface area contributed by atoms with Gasteiger partial charge in [0.15, 0.2) is 11.5 Å². The van der Waals surface area contributed by atoms with Crippen molar-refractivity contribution in [2.24, 2.45) is 0 Å². The number of benzene rings is 2. The smallest absolute Gasteiger partial charge is 0.248 e. The summed E-state index contributed by atoms with van der Waals surface area (Å²) >= 11 is 0. The Kier molecular flexibility index (Phi) is 7.71. The molecular weight excluding hydrogens is 330 g/mol. The van der Waals surface area contributed by atoms with E-state index in [1.165, 1.54) is 6.08 Å². The zero-order valence-electron chi connectivity index (χ0n) is 15.5. The summed E-state index contributed by atoms with van der Waals surface area (Å²) in [6.45, 7) is 5.40. The molecule has 0 radical (unpaired) electrons. The van der Waals surface area contributed by atoms with Crippen molar-refractivity contribution in [2.45, 2.75) is 20.5 Å². The lowest BCUT2D eigenvalue weighted by Gasteiger charge is -2.11. The molecule has 2 aromatic rings. The maximum Gasteiger partial charge on any atom is 0.248 e. The number of carbonyl (C=O) groups is 1. The summed E-state index contributed by atoms with van der Waals surface area (Å²) < 4.78 is 16.3. The van der Waals surface area contributed by atoms with E-state index in [1.807, 2.05) is 56.3 Å². The molecule has 0 saturated heterocycles. The maximum atomic E-state index is 12.2. The molecule has 26 heavy (non-hydrogen) atoms. The number of methoxy groups -OCH3 is 1. The second-order valence-electron chi connectivity index (χ2n) is 5.48. The van der Waals surface area contributed by atoms with Gasteiger partial charge in [0, 0.05) is 24.4 Å². The molecule has 0 aromatic heterocycles. The van der Waals surface area contributed by atoms with Gasteiger partial charge in [-0.05, 0) is 43.7 Å². The van der Waals surface area contributed by atoms with Gasteiger partial charge in [-0.1, -0.05) is 24.3 Å². The summed E-state index contributed by atoms with van der Waals surface area (Å²) in [5, 5.41) is 2.88. The molecular formula is C21H25NO4. The van der Waals surface area contributed by atoms with Crippen molar-refractivity contribution in [1.29, 1.82) is 0 Å². The first-order valence-electron chi connectivity index (χ1n) is 8.63. The van der Waals surface area contributed by atoms with Crippen LogP contribution in [0.15, 0.2) is 48.5 Å². The molecule has 1 amide bonds. The third-order valence-corrected chi connectivity index (χ3v) is 3.57. The number of hydrogen-bond acceptors (Lipinski definition) is 4. The average molecular weight is 355 g/mol. The molecule has 0 bridgehead atoms. The van der Waals surface area contributed by atoms with Crippen LogP contribution in [-0.4, -0.2) is 26.2 Å². The van der Waals surface area contributed by atoms with Gasteiger partial charge in [0.05, 0.1) is 19.8 Å². The number of ether oxygens (including phenoxy) is 3. The summed E-state index contributed by atoms with van der Waals surface area (Å²) in [6, 6.07) is 13.1. The van der Waals surface area contributed by atoms with Crippen molar-refractivity contribution in [2.75, 3.05) is 25.6 Å². The highest BCUT2D eigenvalue weighted by Gasteiger charge is 2.06. The minimum Gasteiger partial charge on any atom is -0.490 e. The Labute approximate surface area is 154 Å². The zero-order valence-corrected chi connectivity index (χ0v) is 15.5. The highest BCUT2D eigenvalue weighted by Crippen LogP contribution is 2.29. The molecule has 0 atom stereocenters. The first-order valence-corrected chi connectivity index (χ1v) is 8.63. The predicted octanol–water partition coefficient (Wildman–Crippen LogP) is 4.28. The monoisotopic (exact) mass is 355 g/mol. The van der Waals surface area contributed by atoms with Gasteiger partial charge in [-0.3, -0.25) is 4.79 Å². The molecule has 1 N–H and O–H groups in total. The van der Waals surface area contributed by atoms with E-state index in [0.717, 1.165) is 16.8 Å². The highest BCUT2D eigenvalue weighted by molar-refractivity contribution is 6.02. The molecule has 0 aliphatic heterocycles. The van der Waals surface area contributed by atoms with Gasteiger partial charge in [0.2, 0.25) is 5.91 Å². The Balaban J connectivity index is 2.09. The second kappa shape index (κ2) is 10.3. The molecule has 0 spiro atoms. The number of anilines is 1. The molecule has 0 aliphatic rings. The van der Waals surface area contributed by atoms with Crippen molar-refractivity contribution >= 4 is 17.7 Å². The van der Waals surface area contributed by atoms with E-state index in [1.54, 1.807) is 13.2 Å². The molecule has 2 aromatic carbocycles. The molecule has 5 nitrogen and oxygen atoms in total. The number of nitrogens with one attached hydrogen (secondary N) is 1. The van der Waals surface area contributed by atoms with Crippen LogP contribution in [0.25, 0.3) is 6.08 Å². The quantitative estimate of drug-likeness (QED) is 0.682. The summed E-state index contributed by atoms with van der Waals surface area (Å²) in [5.41, 5.74) is 2.53. The first kappa shape index (κ1) is 19.5. The fourth-order valence-electron chi connectivity index (χ4n) is 2.44. The lowest BCUT2D eigenvalue weighted by atomic mass is 10.1. The lowest BCUT2D eigenvalue weighted by molar-refractivity contribution is -0.111. The molecule has 0 saturated carbocycles. The van der Waals surface area contributed by atoms with Gasteiger partial charge >= 0.3 is 0 Å². The van der Waals surface area contributed by atoms with Crippen LogP contribution in [-0.2, 0) is 16.1 Å². The Hall–Kier alpha value is -2.79. The minimum absolute atomic E-state index is 0.208. The summed E-state index contributed by atoms with van der Waals surface area (Å²) in [5.74, 6) is 1.16. The number of amides is 1. The minimum atomic E-state index is -0.208. The molecule has 138 valence electrons. The Morgan fingerprint density at radius 1 is 1.04 bits per heavy atom. The largest absolute Gasteiger partial charge is 0.490 e. The average Bonchev–Trinajstić information content (AvgIpc) is 2.64. The standard InChI is InChI=1S/C21H25NO4/c1-4-25-19-12-10-16(14-20(19)26-5-2)11-13-21(23)22-18-9-7-6-8-17(18)15-24-3/h6-14H,4-5,15H2,1-3H3,(H,22,23). The van der Waals surface area contributed by atoms with Gasteiger partial charge in [0.25, 0.3) is 0 Å². The van der Waals surface area contributed by atoms with Crippen LogP contribution in [0.5, 0.6) is 11.5 Å². The summed E-state index contributed by atoms with van der Waals surface area (Å²) in [4.78, 5) is 12.2. The van der Waals surface area contributed by atoms with Crippen LogP contribution in [0.2, 0.25) is 0 Å². The lowest BCUT2D eigenvalue weighted by Crippen LogP contribution is -2.10. The van der Waals surface area contributed by atoms with Crippen molar-refractivity contribution in [3.8, 4) is 11.5 Å². The van der Waals surface area contributed by atoms with Crippen LogP contribution >= 0.6 is 0 Å². The zero-order chi connectivity index (χ0) is 18.8. The Bertz CT molecular complexity index is 755. The van der Waals surface area contributed by atoms with E-state index >= 15 is 0 Å². The van der Waals surface area contributed by atoms with Crippen LogP contribution < -0.4 is 14.8 Å². The van der Waals surface area contributed by atoms with Crippen LogP contribution in [0.4, 0.5) is 5.69 Å². The molecule has 0 fully saturated rings. The molecule has 2 rings (SSSR count). The van der Waals surface area contributed by atoms with E-state index in [2.05, 4.69) is 5.32 Å². The predicted molar refractivity (Wildman–Crippen MR) is 104 cm³/mol. The van der Waals surface area contributed by atoms with Crippen LogP contribution in [0.3, 0.4) is 0 Å². The Morgan fingerprint density at radius 3 is 2.50 bits per heavy atom. The van der Waals surface area contributed by atoms with Gasteiger partial charge in [-0.2, -0.15) is 0 Å². The van der Waals surface area contributed by atoms with E-state index in [4.69, 9.17) is 14.2 Å². The van der Waals surface area contributed by atoms with Crippen LogP contribution in [0, 0.1) is 0 Å². The van der Waals surface area contributed by atoms with Crippen LogP contribution in [0.1, 0.15) is 25.0 Å². The SMILES string of the molecule is CCOc1ccc(C=CC(=O)Nc2ccccc2COC)cc1OCC. The third-order valence-electron chi connectivity index (χ3n) is 3.57. The highest BCUT2D eigenvalue weighted by atomic mass is 16.5. The maximum absolute atomic E-state index is 12.2. The van der Waals surface area contributed by atoms with Gasteiger partial charge < -0.3 is 19.5 Å². The van der Waals surface area contributed by atoms with Gasteiger partial charge in [0.1, 0.15) is 0 Å². The third kappa shape index (κ3) is 5.63. The fraction of sp³-hybridized carbons (Fsp3) is 0.286. The first-order chi connectivity index (χ1) is 12.7.